The lowest BCUT2D eigenvalue weighted by Crippen LogP contribution is -2.40. The molecule has 1 aromatic heterocycles. The van der Waals surface area contributed by atoms with E-state index in [1.165, 1.54) is 37.6 Å². The van der Waals surface area contributed by atoms with Crippen LogP contribution in [0, 0.1) is 0 Å². The molecule has 11 nitrogen and oxygen atoms in total. The molecule has 0 spiro atoms. The van der Waals surface area contributed by atoms with Gasteiger partial charge in [-0.15, -0.1) is 0 Å². The Hall–Kier alpha value is -2.95. The minimum absolute atomic E-state index is 0.152. The van der Waals surface area contributed by atoms with E-state index in [1.54, 1.807) is 7.05 Å². The second-order valence-corrected chi connectivity index (χ2v) is 5.76. The van der Waals surface area contributed by atoms with Crippen LogP contribution in [0.4, 0.5) is 5.95 Å². The first-order valence-corrected chi connectivity index (χ1v) is 8.13. The lowest BCUT2D eigenvalue weighted by Gasteiger charge is -2.25. The first-order valence-electron chi connectivity index (χ1n) is 8.13. The van der Waals surface area contributed by atoms with E-state index >= 15 is 0 Å². The van der Waals surface area contributed by atoms with E-state index < -0.39 is 48.0 Å². The molecule has 148 valence electrons. The molecule has 0 aliphatic carbocycles. The number of hydrogen-bond acceptors (Lipinski definition) is 10. The molecule has 1 saturated heterocycles. The number of hydrogen-bond donors (Lipinski definition) is 1. The van der Waals surface area contributed by atoms with Gasteiger partial charge in [-0.2, -0.15) is 4.98 Å². The van der Waals surface area contributed by atoms with E-state index in [9.17, 15) is 19.2 Å². The normalized spacial score (nSPS) is 24.1. The van der Waals surface area contributed by atoms with Crippen molar-refractivity contribution in [1.29, 1.82) is 0 Å². The molecule has 1 aromatic rings. The summed E-state index contributed by atoms with van der Waals surface area (Å²) in [6.07, 6.45) is -2.55. The van der Waals surface area contributed by atoms with Gasteiger partial charge in [-0.1, -0.05) is 0 Å². The number of nitrogens with one attached hydrogen (secondary N) is 1. The van der Waals surface area contributed by atoms with Gasteiger partial charge in [0.15, 0.2) is 18.4 Å². The summed E-state index contributed by atoms with van der Waals surface area (Å²) in [4.78, 5) is 49.6. The quantitative estimate of drug-likeness (QED) is 0.511. The summed E-state index contributed by atoms with van der Waals surface area (Å²) >= 11 is 0. The van der Waals surface area contributed by atoms with Crippen LogP contribution in [0.5, 0.6) is 0 Å². The van der Waals surface area contributed by atoms with Crippen LogP contribution in [0.1, 0.15) is 27.0 Å². The van der Waals surface area contributed by atoms with Crippen LogP contribution in [0.25, 0.3) is 0 Å². The van der Waals surface area contributed by atoms with E-state index in [4.69, 9.17) is 18.9 Å². The van der Waals surface area contributed by atoms with Crippen molar-refractivity contribution in [3.63, 3.8) is 0 Å². The van der Waals surface area contributed by atoms with Crippen molar-refractivity contribution in [2.45, 2.75) is 45.3 Å². The molecule has 27 heavy (non-hydrogen) atoms. The molecule has 1 fully saturated rings. The van der Waals surface area contributed by atoms with E-state index in [0.717, 1.165) is 0 Å². The molecule has 0 saturated carbocycles. The van der Waals surface area contributed by atoms with E-state index in [1.807, 2.05) is 0 Å². The second-order valence-electron chi connectivity index (χ2n) is 5.76. The topological polar surface area (TPSA) is 135 Å². The highest BCUT2D eigenvalue weighted by Crippen LogP contribution is 2.35. The van der Waals surface area contributed by atoms with Crippen molar-refractivity contribution in [2.75, 3.05) is 19.0 Å². The van der Waals surface area contributed by atoms with Crippen LogP contribution < -0.4 is 10.9 Å². The first kappa shape index (κ1) is 20.4. The molecule has 2 rings (SSSR count). The third-order valence-corrected chi connectivity index (χ3v) is 3.68. The lowest BCUT2D eigenvalue weighted by atomic mass is 10.1. The molecule has 1 N–H and O–H groups in total. The molecule has 0 radical (unpaired) electrons. The maximum absolute atomic E-state index is 11.6. The van der Waals surface area contributed by atoms with Gasteiger partial charge in [0.2, 0.25) is 5.95 Å². The van der Waals surface area contributed by atoms with Gasteiger partial charge in [0.25, 0.3) is 5.56 Å². The van der Waals surface area contributed by atoms with Crippen LogP contribution in [-0.4, -0.2) is 59.4 Å². The van der Waals surface area contributed by atoms with Crippen LogP contribution >= 0.6 is 0 Å². The highest BCUT2D eigenvalue weighted by Gasteiger charge is 2.50. The van der Waals surface area contributed by atoms with Crippen molar-refractivity contribution in [3.05, 3.63) is 22.6 Å². The Labute approximate surface area is 154 Å². The summed E-state index contributed by atoms with van der Waals surface area (Å²) in [6.45, 7) is 3.40. The van der Waals surface area contributed by atoms with Gasteiger partial charge in [0, 0.05) is 40.1 Å². The Morgan fingerprint density at radius 1 is 1.15 bits per heavy atom. The molecule has 0 unspecified atom stereocenters. The van der Waals surface area contributed by atoms with Crippen LogP contribution in [0.2, 0.25) is 0 Å². The predicted molar refractivity (Wildman–Crippen MR) is 89.7 cm³/mol. The number of rotatable bonds is 6. The standard InChI is InChI=1S/C16H21N3O8/c1-8(20)24-7-11-13(25-9(2)21)14(26-10(3)22)15(27-11)19-6-5-12(23)18-16(19)17-4/h5-6,11,13-15H,7H2,1-4H3,(H,17,18,23)/t11-,13-,14-,15-/m1/s1. The fraction of sp³-hybridized carbons (Fsp3) is 0.562. The van der Waals surface area contributed by atoms with E-state index in [-0.39, 0.29) is 12.6 Å². The smallest absolute Gasteiger partial charge is 0.303 e. The minimum Gasteiger partial charge on any atom is -0.463 e. The Kier molecular flexibility index (Phi) is 6.50. The summed E-state index contributed by atoms with van der Waals surface area (Å²) in [6, 6.07) is 1.20. The minimum atomic E-state index is -1.05. The highest BCUT2D eigenvalue weighted by atomic mass is 16.7. The van der Waals surface area contributed by atoms with E-state index in [2.05, 4.69) is 10.3 Å². The number of esters is 3. The lowest BCUT2D eigenvalue weighted by molar-refractivity contribution is -0.166. The number of anilines is 1. The molecular formula is C16H21N3O8. The van der Waals surface area contributed by atoms with Gasteiger partial charge < -0.3 is 24.3 Å². The summed E-state index contributed by atoms with van der Waals surface area (Å²) in [5.41, 5.74) is -0.481. The number of nitrogens with zero attached hydrogens (tertiary/aromatic N) is 2. The molecule has 0 amide bonds. The molecule has 1 aliphatic rings. The Balaban J connectivity index is 2.44. The third kappa shape index (κ3) is 5.03. The highest BCUT2D eigenvalue weighted by molar-refractivity contribution is 5.68. The van der Waals surface area contributed by atoms with Gasteiger partial charge in [-0.3, -0.25) is 23.7 Å². The average molecular weight is 383 g/mol. The predicted octanol–water partition coefficient (Wildman–Crippen LogP) is -0.391. The molecule has 0 bridgehead atoms. The van der Waals surface area contributed by atoms with Crippen molar-refractivity contribution >= 4 is 23.9 Å². The van der Waals surface area contributed by atoms with Crippen LogP contribution in [0.15, 0.2) is 17.1 Å². The molecule has 4 atom stereocenters. The zero-order chi connectivity index (χ0) is 20.1. The maximum Gasteiger partial charge on any atom is 0.303 e. The molecule has 11 heteroatoms. The van der Waals surface area contributed by atoms with Crippen molar-refractivity contribution in [2.24, 2.45) is 0 Å². The maximum atomic E-state index is 11.6. The zero-order valence-electron chi connectivity index (χ0n) is 15.3. The molecule has 0 aromatic carbocycles. The van der Waals surface area contributed by atoms with Gasteiger partial charge in [-0.25, -0.2) is 0 Å². The Morgan fingerprint density at radius 2 is 1.78 bits per heavy atom. The third-order valence-electron chi connectivity index (χ3n) is 3.68. The van der Waals surface area contributed by atoms with Gasteiger partial charge in [-0.05, 0) is 0 Å². The number of aromatic nitrogens is 2. The number of ether oxygens (including phenoxy) is 4. The largest absolute Gasteiger partial charge is 0.463 e. The first-order chi connectivity index (χ1) is 12.7. The summed E-state index contributed by atoms with van der Waals surface area (Å²) < 4.78 is 22.8. The molecule has 2 heterocycles. The average Bonchev–Trinajstić information content (AvgIpc) is 2.89. The summed E-state index contributed by atoms with van der Waals surface area (Å²) in [5, 5.41) is 2.75. The SMILES string of the molecule is CNc1nc(=O)ccn1[C@@H]1O[C@H](COC(C)=O)[C@@H](OC(C)=O)[C@H]1OC(C)=O. The van der Waals surface area contributed by atoms with Gasteiger partial charge >= 0.3 is 17.9 Å². The van der Waals surface area contributed by atoms with Crippen molar-refractivity contribution in [3.8, 4) is 0 Å². The molecule has 1 aliphatic heterocycles. The number of carbonyl (C=O) groups excluding carboxylic acids is 3. The van der Waals surface area contributed by atoms with E-state index in [0.29, 0.717) is 0 Å². The summed E-state index contributed by atoms with van der Waals surface area (Å²) in [7, 11) is 1.55. The van der Waals surface area contributed by atoms with Crippen LogP contribution in [-0.2, 0) is 33.3 Å². The van der Waals surface area contributed by atoms with Crippen LogP contribution in [0.3, 0.4) is 0 Å². The monoisotopic (exact) mass is 383 g/mol. The second kappa shape index (κ2) is 8.62. The zero-order valence-corrected chi connectivity index (χ0v) is 15.3. The molecular weight excluding hydrogens is 362 g/mol. The van der Waals surface area contributed by atoms with Gasteiger partial charge in [0.05, 0.1) is 0 Å². The fourth-order valence-electron chi connectivity index (χ4n) is 2.72. The Bertz CT molecular complexity index is 777. The van der Waals surface area contributed by atoms with Crippen molar-refractivity contribution < 1.29 is 33.3 Å². The number of carbonyl (C=O) groups is 3. The van der Waals surface area contributed by atoms with Gasteiger partial charge in [0.1, 0.15) is 12.7 Å². The van der Waals surface area contributed by atoms with Crippen molar-refractivity contribution in [1.82, 2.24) is 9.55 Å². The Morgan fingerprint density at radius 3 is 2.33 bits per heavy atom. The fourth-order valence-corrected chi connectivity index (χ4v) is 2.72. The summed E-state index contributed by atoms with van der Waals surface area (Å²) in [5.74, 6) is -1.65.